The molecule has 0 bridgehead atoms. The highest BCUT2D eigenvalue weighted by Gasteiger charge is 2.23. The summed E-state index contributed by atoms with van der Waals surface area (Å²) < 4.78 is 0. The number of aliphatic hydroxyl groups excluding tert-OH is 2. The van der Waals surface area contributed by atoms with E-state index in [0.29, 0.717) is 16.6 Å². The molecule has 0 saturated heterocycles. The molecular formula is C10H10Cl2N6O2. The second-order valence-corrected chi connectivity index (χ2v) is 4.70. The molecule has 0 aliphatic carbocycles. The average molecular weight is 317 g/mol. The van der Waals surface area contributed by atoms with Crippen LogP contribution >= 0.6 is 23.2 Å². The molecule has 0 spiro atoms. The fourth-order valence-corrected chi connectivity index (χ4v) is 2.31. The van der Waals surface area contributed by atoms with Gasteiger partial charge in [-0.1, -0.05) is 16.7 Å². The second kappa shape index (κ2) is 6.25. The molecule has 0 aliphatic rings. The van der Waals surface area contributed by atoms with Crippen molar-refractivity contribution in [2.24, 2.45) is 5.11 Å². The van der Waals surface area contributed by atoms with E-state index in [1.807, 2.05) is 0 Å². The Labute approximate surface area is 123 Å². The Kier molecular flexibility index (Phi) is 4.64. The van der Waals surface area contributed by atoms with Gasteiger partial charge in [0.05, 0.1) is 11.5 Å². The van der Waals surface area contributed by atoms with Crippen molar-refractivity contribution in [3.8, 4) is 0 Å². The van der Waals surface area contributed by atoms with Crippen molar-refractivity contribution in [1.82, 2.24) is 15.0 Å². The molecule has 2 heterocycles. The number of rotatable bonds is 5. The van der Waals surface area contributed by atoms with E-state index in [0.717, 1.165) is 0 Å². The zero-order chi connectivity index (χ0) is 14.7. The van der Waals surface area contributed by atoms with Crippen LogP contribution in [0, 0.1) is 0 Å². The molecular weight excluding hydrogens is 307 g/mol. The summed E-state index contributed by atoms with van der Waals surface area (Å²) in [6.45, 7) is 0.0765. The normalized spacial score (nSPS) is 14.0. The van der Waals surface area contributed by atoms with Crippen molar-refractivity contribution in [2.75, 3.05) is 6.54 Å². The van der Waals surface area contributed by atoms with Gasteiger partial charge < -0.3 is 15.2 Å². The SMILES string of the molecule is [N-]=[N+]=NCCC(O)C(O)c1c[nH]c2nc(Cl)nc(Cl)c12. The largest absolute Gasteiger partial charge is 0.390 e. The summed E-state index contributed by atoms with van der Waals surface area (Å²) in [5, 5.41) is 23.7. The minimum Gasteiger partial charge on any atom is -0.390 e. The van der Waals surface area contributed by atoms with Crippen LogP contribution in [0.4, 0.5) is 0 Å². The highest BCUT2D eigenvalue weighted by atomic mass is 35.5. The van der Waals surface area contributed by atoms with Gasteiger partial charge in [0.15, 0.2) is 0 Å². The van der Waals surface area contributed by atoms with Crippen molar-refractivity contribution in [3.63, 3.8) is 0 Å². The monoisotopic (exact) mass is 316 g/mol. The Hall–Kier alpha value is -1.57. The Morgan fingerprint density at radius 2 is 2.15 bits per heavy atom. The molecule has 10 heteroatoms. The van der Waals surface area contributed by atoms with E-state index < -0.39 is 12.2 Å². The van der Waals surface area contributed by atoms with Crippen molar-refractivity contribution in [3.05, 3.63) is 32.6 Å². The van der Waals surface area contributed by atoms with E-state index in [1.165, 1.54) is 6.20 Å². The van der Waals surface area contributed by atoms with E-state index in [2.05, 4.69) is 25.0 Å². The van der Waals surface area contributed by atoms with Crippen LogP contribution in [0.3, 0.4) is 0 Å². The molecule has 2 atom stereocenters. The summed E-state index contributed by atoms with van der Waals surface area (Å²) in [5.41, 5.74) is 8.89. The van der Waals surface area contributed by atoms with Crippen molar-refractivity contribution in [1.29, 1.82) is 0 Å². The van der Waals surface area contributed by atoms with E-state index >= 15 is 0 Å². The van der Waals surface area contributed by atoms with Crippen molar-refractivity contribution in [2.45, 2.75) is 18.6 Å². The van der Waals surface area contributed by atoms with Crippen molar-refractivity contribution >= 4 is 34.2 Å². The first-order chi connectivity index (χ1) is 9.54. The number of H-pyrrole nitrogens is 1. The molecule has 0 aliphatic heterocycles. The van der Waals surface area contributed by atoms with Crippen LogP contribution in [0.15, 0.2) is 11.3 Å². The lowest BCUT2D eigenvalue weighted by Crippen LogP contribution is -2.19. The summed E-state index contributed by atoms with van der Waals surface area (Å²) in [6, 6.07) is 0. The smallest absolute Gasteiger partial charge is 0.225 e. The van der Waals surface area contributed by atoms with Crippen LogP contribution in [0.5, 0.6) is 0 Å². The number of halogens is 2. The van der Waals surface area contributed by atoms with Crippen molar-refractivity contribution < 1.29 is 10.2 Å². The highest BCUT2D eigenvalue weighted by Crippen LogP contribution is 2.31. The van der Waals surface area contributed by atoms with E-state index in [1.54, 1.807) is 0 Å². The molecule has 0 aromatic carbocycles. The summed E-state index contributed by atoms with van der Waals surface area (Å²) >= 11 is 11.6. The van der Waals surface area contributed by atoms with Gasteiger partial charge in [0.2, 0.25) is 5.28 Å². The highest BCUT2D eigenvalue weighted by molar-refractivity contribution is 6.35. The molecule has 0 fully saturated rings. The number of nitrogens with zero attached hydrogens (tertiary/aromatic N) is 5. The quantitative estimate of drug-likeness (QED) is 0.257. The lowest BCUT2D eigenvalue weighted by Gasteiger charge is -2.16. The predicted molar refractivity (Wildman–Crippen MR) is 73.5 cm³/mol. The van der Waals surface area contributed by atoms with Gasteiger partial charge in [-0.2, -0.15) is 4.98 Å². The topological polar surface area (TPSA) is 131 Å². The van der Waals surface area contributed by atoms with Gasteiger partial charge >= 0.3 is 0 Å². The maximum atomic E-state index is 10.1. The number of aromatic amines is 1. The van der Waals surface area contributed by atoms with Crippen LogP contribution in [-0.2, 0) is 0 Å². The molecule has 106 valence electrons. The van der Waals surface area contributed by atoms with E-state index in [-0.39, 0.29) is 23.4 Å². The van der Waals surface area contributed by atoms with E-state index in [4.69, 9.17) is 28.7 Å². The molecule has 2 unspecified atom stereocenters. The second-order valence-electron chi connectivity index (χ2n) is 4.01. The summed E-state index contributed by atoms with van der Waals surface area (Å²) in [5.74, 6) is 0. The number of azide groups is 1. The Bertz CT molecular complexity index is 669. The number of fused-ring (bicyclic) bond motifs is 1. The number of aromatic nitrogens is 3. The number of nitrogens with one attached hydrogen (secondary N) is 1. The molecule has 3 N–H and O–H groups in total. The lowest BCUT2D eigenvalue weighted by molar-refractivity contribution is 0.0159. The first kappa shape index (κ1) is 14.8. The van der Waals surface area contributed by atoms with Gasteiger partial charge in [-0.3, -0.25) is 0 Å². The lowest BCUT2D eigenvalue weighted by atomic mass is 10.0. The molecule has 2 aromatic rings. The van der Waals surface area contributed by atoms with Gasteiger partial charge in [-0.05, 0) is 23.6 Å². The van der Waals surface area contributed by atoms with Gasteiger partial charge in [0, 0.05) is 23.2 Å². The Morgan fingerprint density at radius 3 is 2.85 bits per heavy atom. The van der Waals surface area contributed by atoms with Crippen LogP contribution in [0.1, 0.15) is 18.1 Å². The Balaban J connectivity index is 2.30. The number of hydrogen-bond donors (Lipinski definition) is 3. The molecule has 20 heavy (non-hydrogen) atoms. The molecule has 8 nitrogen and oxygen atoms in total. The summed E-state index contributed by atoms with van der Waals surface area (Å²) in [6.07, 6.45) is -0.723. The fraction of sp³-hybridized carbons (Fsp3) is 0.400. The fourth-order valence-electron chi connectivity index (χ4n) is 1.82. The standard InChI is InChI=1S/C10H10Cl2N6O2/c11-8-6-4(3-14-9(6)17-10(12)16-8)7(20)5(19)1-2-15-18-13/h3,5,7,19-20H,1-2H2,(H,14,16,17). The third-order valence-corrected chi connectivity index (χ3v) is 3.20. The minimum atomic E-state index is -1.21. The zero-order valence-electron chi connectivity index (χ0n) is 10.0. The first-order valence-electron chi connectivity index (χ1n) is 5.61. The van der Waals surface area contributed by atoms with Gasteiger partial charge in [0.25, 0.3) is 0 Å². The summed E-state index contributed by atoms with van der Waals surface area (Å²) in [7, 11) is 0. The third-order valence-electron chi connectivity index (χ3n) is 2.76. The molecule has 2 aromatic heterocycles. The first-order valence-corrected chi connectivity index (χ1v) is 6.37. The maximum Gasteiger partial charge on any atom is 0.225 e. The van der Waals surface area contributed by atoms with Gasteiger partial charge in [-0.25, -0.2) is 4.98 Å². The summed E-state index contributed by atoms with van der Waals surface area (Å²) in [4.78, 5) is 13.1. The van der Waals surface area contributed by atoms with Crippen LogP contribution in [0.2, 0.25) is 10.4 Å². The number of hydrogen-bond acceptors (Lipinski definition) is 5. The maximum absolute atomic E-state index is 10.1. The van der Waals surface area contributed by atoms with Gasteiger partial charge in [0.1, 0.15) is 16.9 Å². The van der Waals surface area contributed by atoms with Crippen LogP contribution in [0.25, 0.3) is 21.5 Å². The predicted octanol–water partition coefficient (Wildman–Crippen LogP) is 2.36. The Morgan fingerprint density at radius 1 is 1.40 bits per heavy atom. The zero-order valence-corrected chi connectivity index (χ0v) is 11.5. The van der Waals surface area contributed by atoms with Gasteiger partial charge in [-0.15, -0.1) is 0 Å². The van der Waals surface area contributed by atoms with E-state index in [9.17, 15) is 10.2 Å². The average Bonchev–Trinajstić information content (AvgIpc) is 2.81. The third kappa shape index (κ3) is 2.95. The molecule has 0 amide bonds. The minimum absolute atomic E-state index is 0.0192. The molecule has 2 rings (SSSR count). The van der Waals surface area contributed by atoms with Crippen LogP contribution in [-0.4, -0.2) is 37.8 Å². The number of aliphatic hydroxyl groups is 2. The van der Waals surface area contributed by atoms with Crippen LogP contribution < -0.4 is 0 Å². The molecule has 0 radical (unpaired) electrons. The molecule has 0 saturated carbocycles.